The third kappa shape index (κ3) is 2.92. The van der Waals surface area contributed by atoms with E-state index in [1.54, 1.807) is 34.8 Å². The van der Waals surface area contributed by atoms with Gasteiger partial charge < -0.3 is 4.90 Å². The lowest BCUT2D eigenvalue weighted by Crippen LogP contribution is -2.28. The molecule has 1 aliphatic rings. The number of halogens is 2. The minimum atomic E-state index is 0.0111. The first-order valence-electron chi connectivity index (χ1n) is 6.68. The van der Waals surface area contributed by atoms with Crippen LogP contribution in [-0.2, 0) is 11.8 Å². The van der Waals surface area contributed by atoms with Crippen LogP contribution >= 0.6 is 23.2 Å². The number of benzene rings is 1. The number of aromatic nitrogens is 2. The molecule has 2 aromatic rings. The van der Waals surface area contributed by atoms with Crippen molar-refractivity contribution in [1.29, 1.82) is 0 Å². The van der Waals surface area contributed by atoms with Crippen LogP contribution in [0.25, 0.3) is 0 Å². The van der Waals surface area contributed by atoms with Crippen LogP contribution in [-0.4, -0.2) is 22.7 Å². The minimum Gasteiger partial charge on any atom is -0.315 e. The van der Waals surface area contributed by atoms with E-state index in [-0.39, 0.29) is 17.7 Å². The summed E-state index contributed by atoms with van der Waals surface area (Å²) < 4.78 is 1.76. The highest BCUT2D eigenvalue weighted by atomic mass is 35.5. The molecular weight excluding hydrogens is 309 g/mol. The highest BCUT2D eigenvalue weighted by Gasteiger charge is 2.46. The third-order valence-electron chi connectivity index (χ3n) is 3.83. The molecule has 1 heterocycles. The molecule has 4 nitrogen and oxygen atoms in total. The molecule has 0 bridgehead atoms. The van der Waals surface area contributed by atoms with Gasteiger partial charge in [-0.2, -0.15) is 5.10 Å². The van der Waals surface area contributed by atoms with Crippen LogP contribution in [0.5, 0.6) is 0 Å². The monoisotopic (exact) mass is 323 g/mol. The standard InChI is InChI=1S/C15H15Cl2N3O/c1-19-8-9(7-18-19)13-6-14(13)15(21)20(2)12-4-10(16)3-11(17)5-12/h3-5,7-8,13-14H,6H2,1-2H3/t13-,14+/m0/s1. The molecule has 0 unspecified atom stereocenters. The van der Waals surface area contributed by atoms with E-state index in [0.717, 1.165) is 12.0 Å². The Bertz CT molecular complexity index is 678. The summed E-state index contributed by atoms with van der Waals surface area (Å²) in [6.07, 6.45) is 4.66. The summed E-state index contributed by atoms with van der Waals surface area (Å²) in [5.41, 5.74) is 1.84. The third-order valence-corrected chi connectivity index (χ3v) is 4.26. The summed E-state index contributed by atoms with van der Waals surface area (Å²) in [7, 11) is 3.63. The second kappa shape index (κ2) is 5.35. The Labute approximate surface area is 133 Å². The van der Waals surface area contributed by atoms with E-state index in [1.807, 2.05) is 19.4 Å². The summed E-state index contributed by atoms with van der Waals surface area (Å²) in [5, 5.41) is 5.20. The first-order valence-corrected chi connectivity index (χ1v) is 7.43. The molecule has 1 aromatic carbocycles. The Morgan fingerprint density at radius 2 is 2.00 bits per heavy atom. The molecule has 1 fully saturated rings. The first-order chi connectivity index (χ1) is 9.95. The topological polar surface area (TPSA) is 38.1 Å². The average molecular weight is 324 g/mol. The Morgan fingerprint density at radius 1 is 1.33 bits per heavy atom. The van der Waals surface area contributed by atoms with Gasteiger partial charge in [-0.15, -0.1) is 0 Å². The van der Waals surface area contributed by atoms with Crippen LogP contribution in [0, 0.1) is 5.92 Å². The minimum absolute atomic E-state index is 0.0111. The van der Waals surface area contributed by atoms with Crippen molar-refractivity contribution in [3.63, 3.8) is 0 Å². The largest absolute Gasteiger partial charge is 0.315 e. The number of carbonyl (C=O) groups is 1. The molecule has 0 spiro atoms. The van der Waals surface area contributed by atoms with Crippen molar-refractivity contribution < 1.29 is 4.79 Å². The van der Waals surface area contributed by atoms with Crippen molar-refractivity contribution in [2.45, 2.75) is 12.3 Å². The van der Waals surface area contributed by atoms with Crippen LogP contribution in [0.1, 0.15) is 17.9 Å². The van der Waals surface area contributed by atoms with Gasteiger partial charge in [-0.05, 0) is 36.1 Å². The molecule has 0 N–H and O–H groups in total. The van der Waals surface area contributed by atoms with Gasteiger partial charge >= 0.3 is 0 Å². The molecule has 1 saturated carbocycles. The molecule has 0 saturated heterocycles. The molecular formula is C15H15Cl2N3O. The summed E-state index contributed by atoms with van der Waals surface area (Å²) in [4.78, 5) is 14.2. The Hall–Kier alpha value is -1.52. The van der Waals surface area contributed by atoms with E-state index in [2.05, 4.69) is 5.10 Å². The average Bonchev–Trinajstić information content (AvgIpc) is 3.11. The Balaban J connectivity index is 1.74. The van der Waals surface area contributed by atoms with Crippen LogP contribution in [0.2, 0.25) is 10.0 Å². The molecule has 3 rings (SSSR count). The van der Waals surface area contributed by atoms with Gasteiger partial charge in [0.15, 0.2) is 0 Å². The number of amides is 1. The highest BCUT2D eigenvalue weighted by Crippen LogP contribution is 2.48. The second-order valence-electron chi connectivity index (χ2n) is 5.42. The zero-order valence-electron chi connectivity index (χ0n) is 11.8. The van der Waals surface area contributed by atoms with E-state index >= 15 is 0 Å². The number of anilines is 1. The molecule has 1 amide bonds. The van der Waals surface area contributed by atoms with Gasteiger partial charge in [-0.3, -0.25) is 9.48 Å². The maximum absolute atomic E-state index is 12.5. The van der Waals surface area contributed by atoms with Crippen LogP contribution in [0.15, 0.2) is 30.6 Å². The van der Waals surface area contributed by atoms with Gasteiger partial charge in [-0.1, -0.05) is 23.2 Å². The molecule has 1 aliphatic carbocycles. The highest BCUT2D eigenvalue weighted by molar-refractivity contribution is 6.35. The number of hydrogen-bond donors (Lipinski definition) is 0. The molecule has 6 heteroatoms. The fourth-order valence-electron chi connectivity index (χ4n) is 2.58. The smallest absolute Gasteiger partial charge is 0.230 e. The number of aryl methyl sites for hydroxylation is 1. The van der Waals surface area contributed by atoms with Crippen molar-refractivity contribution >= 4 is 34.8 Å². The van der Waals surface area contributed by atoms with Crippen molar-refractivity contribution in [3.05, 3.63) is 46.2 Å². The van der Waals surface area contributed by atoms with Gasteiger partial charge in [0, 0.05) is 41.9 Å². The summed E-state index contributed by atoms with van der Waals surface area (Å²) in [5.74, 6) is 0.363. The van der Waals surface area contributed by atoms with Crippen LogP contribution in [0.4, 0.5) is 5.69 Å². The fraction of sp³-hybridized carbons (Fsp3) is 0.333. The van der Waals surface area contributed by atoms with Crippen LogP contribution < -0.4 is 4.90 Å². The summed E-state index contributed by atoms with van der Waals surface area (Å²) in [6, 6.07) is 5.14. The van der Waals surface area contributed by atoms with E-state index in [1.165, 1.54) is 0 Å². The molecule has 0 radical (unpaired) electrons. The van der Waals surface area contributed by atoms with Crippen molar-refractivity contribution in [2.75, 3.05) is 11.9 Å². The Kier molecular flexibility index (Phi) is 3.68. The van der Waals surface area contributed by atoms with Crippen molar-refractivity contribution in [2.24, 2.45) is 13.0 Å². The maximum Gasteiger partial charge on any atom is 0.230 e. The lowest BCUT2D eigenvalue weighted by Gasteiger charge is -2.18. The molecule has 21 heavy (non-hydrogen) atoms. The number of hydrogen-bond acceptors (Lipinski definition) is 2. The van der Waals surface area contributed by atoms with Gasteiger partial charge in [0.2, 0.25) is 5.91 Å². The SMILES string of the molecule is CN(C(=O)[C@@H]1C[C@H]1c1cnn(C)c1)c1cc(Cl)cc(Cl)c1. The maximum atomic E-state index is 12.5. The van der Waals surface area contributed by atoms with Crippen molar-refractivity contribution in [3.8, 4) is 0 Å². The van der Waals surface area contributed by atoms with E-state index in [9.17, 15) is 4.79 Å². The number of rotatable bonds is 3. The lowest BCUT2D eigenvalue weighted by molar-refractivity contribution is -0.119. The fourth-order valence-corrected chi connectivity index (χ4v) is 3.09. The summed E-state index contributed by atoms with van der Waals surface area (Å²) in [6.45, 7) is 0. The van der Waals surface area contributed by atoms with Gasteiger partial charge in [0.25, 0.3) is 0 Å². The molecule has 2 atom stereocenters. The predicted octanol–water partition coefficient (Wildman–Crippen LogP) is 3.49. The van der Waals surface area contributed by atoms with Crippen LogP contribution in [0.3, 0.4) is 0 Å². The molecule has 0 aliphatic heterocycles. The van der Waals surface area contributed by atoms with Gasteiger partial charge in [0.1, 0.15) is 0 Å². The number of carbonyl (C=O) groups excluding carboxylic acids is 1. The van der Waals surface area contributed by atoms with Crippen molar-refractivity contribution in [1.82, 2.24) is 9.78 Å². The number of nitrogens with zero attached hydrogens (tertiary/aromatic N) is 3. The second-order valence-corrected chi connectivity index (χ2v) is 6.29. The van der Waals surface area contributed by atoms with Gasteiger partial charge in [0.05, 0.1) is 6.20 Å². The molecule has 110 valence electrons. The zero-order valence-corrected chi connectivity index (χ0v) is 13.3. The van der Waals surface area contributed by atoms with Gasteiger partial charge in [-0.25, -0.2) is 0 Å². The van der Waals surface area contributed by atoms with E-state index in [4.69, 9.17) is 23.2 Å². The zero-order chi connectivity index (χ0) is 15.1. The quantitative estimate of drug-likeness (QED) is 0.867. The summed E-state index contributed by atoms with van der Waals surface area (Å²) >= 11 is 12.0. The predicted molar refractivity (Wildman–Crippen MR) is 83.9 cm³/mol. The normalized spacial score (nSPS) is 20.4. The Morgan fingerprint density at radius 3 is 2.57 bits per heavy atom. The first kappa shape index (κ1) is 14.4. The molecule has 1 aromatic heterocycles. The van der Waals surface area contributed by atoms with E-state index < -0.39 is 0 Å². The lowest BCUT2D eigenvalue weighted by atomic mass is 10.2. The van der Waals surface area contributed by atoms with E-state index in [0.29, 0.717) is 15.7 Å².